The molecule has 11 heteroatoms. The van der Waals surface area contributed by atoms with Crippen LogP contribution in [0.2, 0.25) is 0 Å². The molecule has 0 aromatic rings. The second-order valence-electron chi connectivity index (χ2n) is 6.18. The number of rotatable bonds is 13. The third-order valence-corrected chi connectivity index (χ3v) is 11.2. The number of ether oxygens (including phenoxy) is 2. The molecule has 1 aliphatic heterocycles. The molecule has 0 radical (unpaired) electrons. The van der Waals surface area contributed by atoms with Crippen LogP contribution < -0.4 is 0 Å². The summed E-state index contributed by atoms with van der Waals surface area (Å²) in [4.78, 5) is 12.6. The van der Waals surface area contributed by atoms with Crippen molar-refractivity contribution in [2.75, 3.05) is 20.8 Å². The lowest BCUT2D eigenvalue weighted by molar-refractivity contribution is -0.207. The third kappa shape index (κ3) is 4.41. The van der Waals surface area contributed by atoms with Crippen LogP contribution in [0.4, 0.5) is 0 Å². The van der Waals surface area contributed by atoms with Crippen molar-refractivity contribution in [1.29, 1.82) is 0 Å². The largest absolute Gasteiger partial charge is 0.344 e. The predicted octanol–water partition coefficient (Wildman–Crippen LogP) is 3.76. The van der Waals surface area contributed by atoms with Crippen LogP contribution in [-0.2, 0) is 47.9 Å². The fraction of sp³-hybridized carbons (Fsp3) is 0.933. The van der Waals surface area contributed by atoms with Crippen molar-refractivity contribution in [1.82, 2.24) is 4.31 Å². The molecule has 0 aliphatic carbocycles. The van der Waals surface area contributed by atoms with Crippen LogP contribution in [0.1, 0.15) is 58.3 Å². The Morgan fingerprint density at radius 2 is 1.42 bits per heavy atom. The molecule has 26 heavy (non-hydrogen) atoms. The van der Waals surface area contributed by atoms with Crippen LogP contribution in [0.25, 0.3) is 0 Å². The van der Waals surface area contributed by atoms with Gasteiger partial charge in [0.2, 0.25) is 5.02 Å². The van der Waals surface area contributed by atoms with Crippen molar-refractivity contribution < 1.29 is 22.7 Å². The van der Waals surface area contributed by atoms with Gasteiger partial charge >= 0.3 is 5.12 Å². The van der Waals surface area contributed by atoms with Crippen LogP contribution in [0, 0.1) is 0 Å². The molecule has 0 amide bonds. The first-order valence-electron chi connectivity index (χ1n) is 8.71. The van der Waals surface area contributed by atoms with Gasteiger partial charge in [-0.25, -0.2) is 8.42 Å². The van der Waals surface area contributed by atoms with E-state index >= 15 is 0 Å². The minimum Gasteiger partial charge on any atom is -0.344 e. The molecule has 0 atom stereocenters. The van der Waals surface area contributed by atoms with E-state index in [0.717, 1.165) is 23.6 Å². The first-order valence-corrected chi connectivity index (χ1v) is 14.0. The van der Waals surface area contributed by atoms with E-state index in [-0.39, 0.29) is 21.3 Å². The lowest BCUT2D eigenvalue weighted by atomic mass is 10.1. The fourth-order valence-electron chi connectivity index (χ4n) is 3.16. The van der Waals surface area contributed by atoms with Gasteiger partial charge in [0.05, 0.1) is 0 Å². The van der Waals surface area contributed by atoms with E-state index in [9.17, 15) is 13.2 Å². The van der Waals surface area contributed by atoms with Gasteiger partial charge in [0, 0.05) is 35.5 Å². The van der Waals surface area contributed by atoms with E-state index in [1.165, 1.54) is 39.9 Å². The SMILES string of the molecule is CCCCCCCCCCN1C(P=S)(P=S)C(OC)(OC)C(=O)S1(=O)=O. The number of carbonyl (C=O) groups excluding carboxylic acids is 1. The van der Waals surface area contributed by atoms with E-state index in [1.54, 1.807) is 0 Å². The second-order valence-corrected chi connectivity index (χ2v) is 11.1. The van der Waals surface area contributed by atoms with Crippen LogP contribution in [0.5, 0.6) is 0 Å². The molecule has 1 heterocycles. The van der Waals surface area contributed by atoms with Gasteiger partial charge in [-0.3, -0.25) is 4.79 Å². The van der Waals surface area contributed by atoms with Gasteiger partial charge in [-0.2, -0.15) is 4.31 Å². The standard InChI is InChI=1S/C15H27NO5P2S3/c1-4-5-6-7-8-9-10-11-12-16-15(22-24,23-25)14(20-2,21-3)13(17)26(16,18)19/h4-12H2,1-3H3. The van der Waals surface area contributed by atoms with Crippen LogP contribution in [-0.4, -0.2) is 49.4 Å². The maximum atomic E-state index is 12.7. The van der Waals surface area contributed by atoms with Gasteiger partial charge in [0.15, 0.2) is 0 Å². The predicted molar refractivity (Wildman–Crippen MR) is 111 cm³/mol. The van der Waals surface area contributed by atoms with Gasteiger partial charge in [0.25, 0.3) is 15.8 Å². The van der Waals surface area contributed by atoms with Crippen molar-refractivity contribution in [3.63, 3.8) is 0 Å². The minimum atomic E-state index is -4.24. The number of methoxy groups -OCH3 is 2. The molecule has 150 valence electrons. The van der Waals surface area contributed by atoms with Gasteiger partial charge in [0.1, 0.15) is 0 Å². The summed E-state index contributed by atoms with van der Waals surface area (Å²) in [5, 5.41) is -2.54. The highest BCUT2D eigenvalue weighted by Gasteiger charge is 2.74. The van der Waals surface area contributed by atoms with Crippen LogP contribution >= 0.6 is 14.7 Å². The molecular weight excluding hydrogens is 432 g/mol. The third-order valence-electron chi connectivity index (χ3n) is 4.63. The molecule has 0 spiro atoms. The number of unbranched alkanes of at least 4 members (excludes halogenated alkanes) is 7. The second kappa shape index (κ2) is 10.9. The number of hydrogen-bond acceptors (Lipinski definition) is 7. The maximum Gasteiger partial charge on any atom is 0.324 e. The lowest BCUT2D eigenvalue weighted by Crippen LogP contribution is -2.55. The molecule has 1 rings (SSSR count). The Hall–Kier alpha value is 0.540. The van der Waals surface area contributed by atoms with Crippen LogP contribution in [0.3, 0.4) is 0 Å². The van der Waals surface area contributed by atoms with E-state index in [0.29, 0.717) is 6.42 Å². The quantitative estimate of drug-likeness (QED) is 0.236. The topological polar surface area (TPSA) is 72.9 Å². The maximum absolute atomic E-state index is 12.7. The molecule has 0 N–H and O–H groups in total. The molecule has 1 aliphatic rings. The zero-order valence-electron chi connectivity index (χ0n) is 15.5. The summed E-state index contributed by atoms with van der Waals surface area (Å²) in [6.45, 7) is 2.37. The van der Waals surface area contributed by atoms with Crippen LogP contribution in [0.15, 0.2) is 0 Å². The van der Waals surface area contributed by atoms with Gasteiger partial charge in [-0.15, -0.1) is 0 Å². The molecule has 0 unspecified atom stereocenters. The molecule has 0 aromatic carbocycles. The number of nitrogens with zero attached hydrogens (tertiary/aromatic N) is 1. The minimum absolute atomic E-state index is 0.185. The summed E-state index contributed by atoms with van der Waals surface area (Å²) in [6.07, 6.45) is 8.60. The normalized spacial score (nSPS) is 25.3. The van der Waals surface area contributed by atoms with Crippen molar-refractivity contribution in [3.8, 4) is 0 Å². The Balaban J connectivity index is 2.86. The molecule has 1 saturated heterocycles. The molecule has 1 fully saturated rings. The molecule has 6 nitrogen and oxygen atoms in total. The van der Waals surface area contributed by atoms with E-state index in [4.69, 9.17) is 33.1 Å². The van der Waals surface area contributed by atoms with Crippen molar-refractivity contribution >= 4 is 53.5 Å². The molecule has 0 saturated carbocycles. The first kappa shape index (κ1) is 24.6. The number of carbonyl (C=O) groups is 1. The number of sulfonamides is 1. The van der Waals surface area contributed by atoms with Crippen molar-refractivity contribution in [2.24, 2.45) is 0 Å². The molecule has 0 bridgehead atoms. The van der Waals surface area contributed by atoms with Gasteiger partial charge in [-0.05, 0) is 6.42 Å². The Labute approximate surface area is 170 Å². The average molecular weight is 460 g/mol. The Kier molecular flexibility index (Phi) is 10.3. The summed E-state index contributed by atoms with van der Waals surface area (Å²) in [5.74, 6) is -1.99. The Morgan fingerprint density at radius 1 is 0.962 bits per heavy atom. The van der Waals surface area contributed by atoms with Crippen molar-refractivity contribution in [3.05, 3.63) is 0 Å². The number of hydrogen-bond donors (Lipinski definition) is 0. The Bertz CT molecular complexity index is 602. The summed E-state index contributed by atoms with van der Waals surface area (Å²) < 4.78 is 37.1. The zero-order chi connectivity index (χ0) is 19.8. The highest BCUT2D eigenvalue weighted by Crippen LogP contribution is 2.56. The monoisotopic (exact) mass is 459 g/mol. The summed E-state index contributed by atoms with van der Waals surface area (Å²) >= 11 is 10.4. The van der Waals surface area contributed by atoms with E-state index in [2.05, 4.69) is 6.92 Å². The fourth-order valence-corrected chi connectivity index (χ4v) is 10.0. The summed E-state index contributed by atoms with van der Waals surface area (Å²) in [7, 11) is -1.35. The molecular formula is C15H27NO5P2S3. The van der Waals surface area contributed by atoms with E-state index in [1.807, 2.05) is 0 Å². The zero-order valence-corrected chi connectivity index (χ0v) is 19.7. The van der Waals surface area contributed by atoms with E-state index < -0.39 is 25.9 Å². The smallest absolute Gasteiger partial charge is 0.324 e. The first-order chi connectivity index (χ1) is 12.3. The summed E-state index contributed by atoms with van der Waals surface area (Å²) in [6, 6.07) is 0. The Morgan fingerprint density at radius 3 is 1.85 bits per heavy atom. The molecule has 0 aromatic heterocycles. The van der Waals surface area contributed by atoms with Gasteiger partial charge in [-0.1, -0.05) is 75.5 Å². The average Bonchev–Trinajstić information content (AvgIpc) is 2.79. The van der Waals surface area contributed by atoms with Crippen molar-refractivity contribution in [2.45, 2.75) is 69.1 Å². The van der Waals surface area contributed by atoms with Gasteiger partial charge < -0.3 is 9.47 Å². The lowest BCUT2D eigenvalue weighted by Gasteiger charge is -2.37. The summed E-state index contributed by atoms with van der Waals surface area (Å²) in [5.41, 5.74) is 0. The highest BCUT2D eigenvalue weighted by molar-refractivity contribution is 8.10. The highest BCUT2D eigenvalue weighted by atomic mass is 32.4.